The lowest BCUT2D eigenvalue weighted by Crippen LogP contribution is -2.14. The third-order valence-corrected chi connectivity index (χ3v) is 6.08. The Morgan fingerprint density at radius 1 is 1.09 bits per heavy atom. The average molecular weight is 464 g/mol. The van der Waals surface area contributed by atoms with Gasteiger partial charge < -0.3 is 19.3 Å². The summed E-state index contributed by atoms with van der Waals surface area (Å²) in [5.74, 6) is 2.20. The maximum absolute atomic E-state index is 12.5. The van der Waals surface area contributed by atoms with Crippen molar-refractivity contribution < 1.29 is 18.8 Å². The van der Waals surface area contributed by atoms with Crippen LogP contribution in [-0.4, -0.2) is 23.2 Å². The number of nitrogens with one attached hydrogen (secondary N) is 1. The summed E-state index contributed by atoms with van der Waals surface area (Å²) >= 11 is 1.47. The number of hydrogen-bond donors (Lipinski definition) is 1. The highest BCUT2D eigenvalue weighted by Crippen LogP contribution is 2.23. The molecule has 8 heteroatoms. The van der Waals surface area contributed by atoms with Gasteiger partial charge in [0.2, 0.25) is 5.91 Å². The van der Waals surface area contributed by atoms with E-state index in [1.165, 1.54) is 11.3 Å². The molecule has 0 aliphatic carbocycles. The number of nitrogens with zero attached hydrogens (tertiary/aromatic N) is 2. The summed E-state index contributed by atoms with van der Waals surface area (Å²) in [5.41, 5.74) is 3.81. The van der Waals surface area contributed by atoms with Gasteiger partial charge >= 0.3 is 0 Å². The highest BCUT2D eigenvalue weighted by molar-refractivity contribution is 7.15. The highest BCUT2D eigenvalue weighted by Gasteiger charge is 2.11. The number of carbonyl (C=O) groups is 1. The van der Waals surface area contributed by atoms with Crippen LogP contribution >= 0.6 is 11.3 Å². The van der Waals surface area contributed by atoms with E-state index in [4.69, 9.17) is 14.0 Å². The van der Waals surface area contributed by atoms with Gasteiger partial charge in [-0.3, -0.25) is 4.79 Å². The lowest BCUT2D eigenvalue weighted by molar-refractivity contribution is -0.115. The second-order valence-electron chi connectivity index (χ2n) is 7.62. The number of thiazole rings is 1. The highest BCUT2D eigenvalue weighted by atomic mass is 32.1. The number of rotatable bonds is 9. The molecular weight excluding hydrogens is 438 g/mol. The number of carbonyl (C=O) groups excluding carboxylic acids is 1. The fourth-order valence-electron chi connectivity index (χ4n) is 3.35. The zero-order chi connectivity index (χ0) is 23.2. The number of aryl methyl sites for hydroxylation is 2. The SMILES string of the molecule is COc1cccc(Cc2cnc(NC(=O)Cc3ccc(OCc4c(C)noc4C)cc3)s2)c1. The molecule has 0 atom stereocenters. The lowest BCUT2D eigenvalue weighted by atomic mass is 10.1. The Hall–Kier alpha value is -3.65. The van der Waals surface area contributed by atoms with Gasteiger partial charge in [0, 0.05) is 17.5 Å². The van der Waals surface area contributed by atoms with Gasteiger partial charge in [-0.2, -0.15) is 0 Å². The van der Waals surface area contributed by atoms with E-state index in [9.17, 15) is 4.79 Å². The molecule has 0 saturated heterocycles. The zero-order valence-electron chi connectivity index (χ0n) is 18.8. The molecule has 0 unspecified atom stereocenters. The number of anilines is 1. The first-order valence-electron chi connectivity index (χ1n) is 10.5. The number of methoxy groups -OCH3 is 1. The molecule has 0 saturated carbocycles. The minimum absolute atomic E-state index is 0.110. The maximum atomic E-state index is 12.5. The second-order valence-corrected chi connectivity index (χ2v) is 8.74. The van der Waals surface area contributed by atoms with Gasteiger partial charge in [0.05, 0.1) is 24.8 Å². The molecule has 0 spiro atoms. The lowest BCUT2D eigenvalue weighted by Gasteiger charge is -2.07. The van der Waals surface area contributed by atoms with Crippen molar-refractivity contribution in [3.05, 3.63) is 87.7 Å². The summed E-state index contributed by atoms with van der Waals surface area (Å²) in [4.78, 5) is 17.9. The molecule has 0 bridgehead atoms. The molecule has 170 valence electrons. The Kier molecular flexibility index (Phi) is 7.04. The molecule has 1 amide bonds. The summed E-state index contributed by atoms with van der Waals surface area (Å²) in [6.45, 7) is 4.15. The Morgan fingerprint density at radius 2 is 1.91 bits per heavy atom. The van der Waals surface area contributed by atoms with E-state index in [-0.39, 0.29) is 12.3 Å². The van der Waals surface area contributed by atoms with Crippen molar-refractivity contribution in [2.24, 2.45) is 0 Å². The topological polar surface area (TPSA) is 86.5 Å². The number of benzene rings is 2. The van der Waals surface area contributed by atoms with Crippen LogP contribution in [0.4, 0.5) is 5.13 Å². The molecule has 2 heterocycles. The first-order valence-corrected chi connectivity index (χ1v) is 11.3. The van der Waals surface area contributed by atoms with Gasteiger partial charge in [0.25, 0.3) is 0 Å². The molecule has 4 aromatic rings. The number of ether oxygens (including phenoxy) is 2. The van der Waals surface area contributed by atoms with Gasteiger partial charge in [-0.05, 0) is 49.2 Å². The van der Waals surface area contributed by atoms with Crippen LogP contribution in [0, 0.1) is 13.8 Å². The van der Waals surface area contributed by atoms with Gasteiger partial charge in [-0.25, -0.2) is 4.98 Å². The molecular formula is C25H25N3O4S. The molecule has 4 rings (SSSR count). The standard InChI is InChI=1S/C25H25N3O4S/c1-16-23(17(2)32-28-16)15-31-20-9-7-18(8-10-20)13-24(29)27-25-26-14-22(33-25)12-19-5-4-6-21(11-19)30-3/h4-11,14H,12-13,15H2,1-3H3,(H,26,27,29). The van der Waals surface area contributed by atoms with Crippen LogP contribution in [0.3, 0.4) is 0 Å². The van der Waals surface area contributed by atoms with E-state index in [0.29, 0.717) is 11.7 Å². The van der Waals surface area contributed by atoms with Gasteiger partial charge in [0.15, 0.2) is 5.13 Å². The average Bonchev–Trinajstić information content (AvgIpc) is 3.38. The van der Waals surface area contributed by atoms with Crippen molar-refractivity contribution in [1.82, 2.24) is 10.1 Å². The van der Waals surface area contributed by atoms with Gasteiger partial charge in [0.1, 0.15) is 23.9 Å². The van der Waals surface area contributed by atoms with Crippen LogP contribution in [-0.2, 0) is 24.2 Å². The Morgan fingerprint density at radius 3 is 2.64 bits per heavy atom. The minimum Gasteiger partial charge on any atom is -0.497 e. The normalized spacial score (nSPS) is 10.8. The molecule has 2 aromatic heterocycles. The monoisotopic (exact) mass is 463 g/mol. The summed E-state index contributed by atoms with van der Waals surface area (Å²) in [6.07, 6.45) is 2.79. The molecule has 1 N–H and O–H groups in total. The smallest absolute Gasteiger partial charge is 0.230 e. The number of amides is 1. The maximum Gasteiger partial charge on any atom is 0.230 e. The third kappa shape index (κ3) is 5.98. The number of hydrogen-bond acceptors (Lipinski definition) is 7. The first kappa shape index (κ1) is 22.5. The molecule has 0 radical (unpaired) electrons. The summed E-state index contributed by atoms with van der Waals surface area (Å²) in [7, 11) is 1.65. The van der Waals surface area contributed by atoms with Crippen LogP contribution < -0.4 is 14.8 Å². The van der Waals surface area contributed by atoms with E-state index >= 15 is 0 Å². The molecule has 2 aromatic carbocycles. The van der Waals surface area contributed by atoms with E-state index in [1.807, 2.05) is 62.4 Å². The Balaban J connectivity index is 1.28. The predicted molar refractivity (Wildman–Crippen MR) is 127 cm³/mol. The van der Waals surface area contributed by atoms with Crippen LogP contribution in [0.2, 0.25) is 0 Å². The van der Waals surface area contributed by atoms with Crippen molar-refractivity contribution in [3.63, 3.8) is 0 Å². The van der Waals surface area contributed by atoms with Crippen molar-refractivity contribution in [1.29, 1.82) is 0 Å². The summed E-state index contributed by atoms with van der Waals surface area (Å²) < 4.78 is 16.2. The van der Waals surface area contributed by atoms with Gasteiger partial charge in [-0.15, -0.1) is 11.3 Å². The summed E-state index contributed by atoms with van der Waals surface area (Å²) in [6, 6.07) is 15.4. The quantitative estimate of drug-likeness (QED) is 0.371. The van der Waals surface area contributed by atoms with E-state index < -0.39 is 0 Å². The van der Waals surface area contributed by atoms with Crippen molar-refractivity contribution in [2.45, 2.75) is 33.3 Å². The zero-order valence-corrected chi connectivity index (χ0v) is 19.6. The third-order valence-electron chi connectivity index (χ3n) is 5.16. The molecule has 0 fully saturated rings. The fraction of sp³-hybridized carbons (Fsp3) is 0.240. The molecule has 0 aliphatic heterocycles. The minimum atomic E-state index is -0.110. The van der Waals surface area contributed by atoms with Crippen LogP contribution in [0.15, 0.2) is 59.3 Å². The predicted octanol–water partition coefficient (Wildman–Crippen LogP) is 5.11. The van der Waals surface area contributed by atoms with Crippen molar-refractivity contribution >= 4 is 22.4 Å². The van der Waals surface area contributed by atoms with Gasteiger partial charge in [-0.1, -0.05) is 29.4 Å². The van der Waals surface area contributed by atoms with Crippen molar-refractivity contribution in [2.75, 3.05) is 12.4 Å². The van der Waals surface area contributed by atoms with E-state index in [1.54, 1.807) is 13.3 Å². The first-order chi connectivity index (χ1) is 16.0. The fourth-order valence-corrected chi connectivity index (χ4v) is 4.21. The second kappa shape index (κ2) is 10.3. The summed E-state index contributed by atoms with van der Waals surface area (Å²) in [5, 5.41) is 7.41. The molecule has 0 aliphatic rings. The Bertz CT molecular complexity index is 1210. The molecule has 7 nitrogen and oxygen atoms in total. The van der Waals surface area contributed by atoms with E-state index in [0.717, 1.165) is 50.9 Å². The number of aromatic nitrogens is 2. The van der Waals surface area contributed by atoms with Crippen LogP contribution in [0.25, 0.3) is 0 Å². The Labute approximate surface area is 196 Å². The van der Waals surface area contributed by atoms with Crippen LogP contribution in [0.5, 0.6) is 11.5 Å². The largest absolute Gasteiger partial charge is 0.497 e. The van der Waals surface area contributed by atoms with E-state index in [2.05, 4.69) is 15.5 Å². The van der Waals surface area contributed by atoms with Crippen LogP contribution in [0.1, 0.15) is 33.0 Å². The van der Waals surface area contributed by atoms with Crippen molar-refractivity contribution in [3.8, 4) is 11.5 Å². The molecule has 33 heavy (non-hydrogen) atoms.